The molecule has 0 fully saturated rings. The molecule has 2 unspecified atom stereocenters. The van der Waals surface area contributed by atoms with Gasteiger partial charge in [-0.05, 0) is 30.9 Å². The molecular formula is C14H17NO3. The first-order valence-electron chi connectivity index (χ1n) is 6.18. The maximum atomic E-state index is 11.6. The van der Waals surface area contributed by atoms with E-state index in [0.29, 0.717) is 12.5 Å². The normalized spacial score (nSPS) is 19.1. The number of carbonyl (C=O) groups is 2. The molecule has 4 nitrogen and oxygen atoms in total. The highest BCUT2D eigenvalue weighted by molar-refractivity contribution is 5.96. The topological polar surface area (TPSA) is 66.4 Å². The highest BCUT2D eigenvalue weighted by Crippen LogP contribution is 2.32. The van der Waals surface area contributed by atoms with Crippen molar-refractivity contribution in [1.82, 2.24) is 5.32 Å². The Morgan fingerprint density at radius 3 is 2.89 bits per heavy atom. The molecule has 18 heavy (non-hydrogen) atoms. The average Bonchev–Trinajstić information content (AvgIpc) is 2.78. The van der Waals surface area contributed by atoms with Crippen LogP contribution in [0.25, 0.3) is 0 Å². The Hall–Kier alpha value is -1.84. The minimum Gasteiger partial charge on any atom is -0.481 e. The Kier molecular flexibility index (Phi) is 3.65. The standard InChI is InChI=1S/C14H17NO3/c1-9(14(17)18)13(16)15-8-11-7-6-10-4-2-3-5-12(10)11/h2-5,9,11H,6-8H2,1H3,(H,15,16)(H,17,18). The molecule has 0 radical (unpaired) electrons. The number of amides is 1. The molecule has 0 bridgehead atoms. The minimum atomic E-state index is -1.08. The third kappa shape index (κ3) is 2.53. The minimum absolute atomic E-state index is 0.311. The van der Waals surface area contributed by atoms with E-state index in [1.54, 1.807) is 0 Å². The van der Waals surface area contributed by atoms with Gasteiger partial charge >= 0.3 is 5.97 Å². The van der Waals surface area contributed by atoms with Gasteiger partial charge < -0.3 is 10.4 Å². The predicted octanol–water partition coefficient (Wildman–Crippen LogP) is 1.55. The summed E-state index contributed by atoms with van der Waals surface area (Å²) in [4.78, 5) is 22.2. The molecule has 0 aromatic heterocycles. The monoisotopic (exact) mass is 247 g/mol. The maximum Gasteiger partial charge on any atom is 0.315 e. The smallest absolute Gasteiger partial charge is 0.315 e. The van der Waals surface area contributed by atoms with Crippen molar-refractivity contribution in [1.29, 1.82) is 0 Å². The van der Waals surface area contributed by atoms with E-state index in [4.69, 9.17) is 5.11 Å². The fourth-order valence-electron chi connectivity index (χ4n) is 2.35. The number of benzene rings is 1. The SMILES string of the molecule is CC(C(=O)O)C(=O)NCC1CCc2ccccc21. The van der Waals surface area contributed by atoms with Crippen molar-refractivity contribution in [2.75, 3.05) is 6.54 Å². The molecule has 96 valence electrons. The second-order valence-electron chi connectivity index (χ2n) is 4.74. The van der Waals surface area contributed by atoms with Gasteiger partial charge in [0, 0.05) is 12.5 Å². The van der Waals surface area contributed by atoms with Crippen LogP contribution >= 0.6 is 0 Å². The van der Waals surface area contributed by atoms with E-state index in [2.05, 4.69) is 17.4 Å². The number of carbonyl (C=O) groups excluding carboxylic acids is 1. The summed E-state index contributed by atoms with van der Waals surface area (Å²) < 4.78 is 0. The van der Waals surface area contributed by atoms with Crippen molar-refractivity contribution in [3.05, 3.63) is 35.4 Å². The number of hydrogen-bond donors (Lipinski definition) is 2. The third-order valence-electron chi connectivity index (χ3n) is 3.54. The largest absolute Gasteiger partial charge is 0.481 e. The summed E-state index contributed by atoms with van der Waals surface area (Å²) in [6, 6.07) is 8.21. The first-order chi connectivity index (χ1) is 8.59. The van der Waals surface area contributed by atoms with Crippen LogP contribution < -0.4 is 5.32 Å². The first kappa shape index (κ1) is 12.6. The molecule has 2 N–H and O–H groups in total. The van der Waals surface area contributed by atoms with Crippen molar-refractivity contribution in [2.24, 2.45) is 5.92 Å². The van der Waals surface area contributed by atoms with E-state index in [1.807, 2.05) is 12.1 Å². The Balaban J connectivity index is 1.93. The van der Waals surface area contributed by atoms with Gasteiger partial charge in [-0.2, -0.15) is 0 Å². The fourth-order valence-corrected chi connectivity index (χ4v) is 2.35. The lowest BCUT2D eigenvalue weighted by molar-refractivity contribution is -0.146. The maximum absolute atomic E-state index is 11.6. The van der Waals surface area contributed by atoms with Gasteiger partial charge in [0.25, 0.3) is 0 Å². The molecule has 0 aliphatic heterocycles. The van der Waals surface area contributed by atoms with Crippen LogP contribution in [0.5, 0.6) is 0 Å². The zero-order valence-corrected chi connectivity index (χ0v) is 10.3. The predicted molar refractivity (Wildman–Crippen MR) is 67.3 cm³/mol. The zero-order valence-electron chi connectivity index (χ0n) is 10.3. The van der Waals surface area contributed by atoms with Crippen LogP contribution in [0.1, 0.15) is 30.4 Å². The molecule has 0 spiro atoms. The van der Waals surface area contributed by atoms with Gasteiger partial charge in [0.2, 0.25) is 5.91 Å². The van der Waals surface area contributed by atoms with Crippen LogP contribution in [0.2, 0.25) is 0 Å². The molecule has 0 saturated heterocycles. The molecular weight excluding hydrogens is 230 g/mol. The summed E-state index contributed by atoms with van der Waals surface area (Å²) in [6.45, 7) is 1.92. The Morgan fingerprint density at radius 2 is 2.17 bits per heavy atom. The molecule has 2 atom stereocenters. The van der Waals surface area contributed by atoms with Gasteiger partial charge in [-0.1, -0.05) is 24.3 Å². The first-order valence-corrected chi connectivity index (χ1v) is 6.18. The van der Waals surface area contributed by atoms with Crippen LogP contribution in [-0.4, -0.2) is 23.5 Å². The summed E-state index contributed by atoms with van der Waals surface area (Å²) in [6.07, 6.45) is 2.05. The van der Waals surface area contributed by atoms with Crippen LogP contribution in [0.3, 0.4) is 0 Å². The number of nitrogens with one attached hydrogen (secondary N) is 1. The van der Waals surface area contributed by atoms with Gasteiger partial charge in [0.1, 0.15) is 5.92 Å². The van der Waals surface area contributed by atoms with Crippen LogP contribution in [0.4, 0.5) is 0 Å². The lowest BCUT2D eigenvalue weighted by Gasteiger charge is -2.14. The Labute approximate surface area is 106 Å². The quantitative estimate of drug-likeness (QED) is 0.793. The molecule has 1 aromatic carbocycles. The van der Waals surface area contributed by atoms with Crippen molar-refractivity contribution in [2.45, 2.75) is 25.7 Å². The molecule has 1 aliphatic carbocycles. The molecule has 1 amide bonds. The fraction of sp³-hybridized carbons (Fsp3) is 0.429. The van der Waals surface area contributed by atoms with E-state index >= 15 is 0 Å². The molecule has 0 saturated carbocycles. The second kappa shape index (κ2) is 5.21. The van der Waals surface area contributed by atoms with Gasteiger partial charge in [-0.25, -0.2) is 0 Å². The highest BCUT2D eigenvalue weighted by Gasteiger charge is 2.25. The lowest BCUT2D eigenvalue weighted by atomic mass is 10.0. The van der Waals surface area contributed by atoms with E-state index in [-0.39, 0.29) is 0 Å². The number of rotatable bonds is 4. The summed E-state index contributed by atoms with van der Waals surface area (Å²) in [5, 5.41) is 11.5. The number of aryl methyl sites for hydroxylation is 1. The van der Waals surface area contributed by atoms with Crippen LogP contribution in [0, 0.1) is 5.92 Å². The summed E-state index contributed by atoms with van der Waals surface area (Å²) in [5.74, 6) is -2.17. The summed E-state index contributed by atoms with van der Waals surface area (Å²) >= 11 is 0. The number of fused-ring (bicyclic) bond motifs is 1. The number of aliphatic carboxylic acids is 1. The van der Waals surface area contributed by atoms with E-state index in [9.17, 15) is 9.59 Å². The number of hydrogen-bond acceptors (Lipinski definition) is 2. The van der Waals surface area contributed by atoms with Gasteiger partial charge in [-0.3, -0.25) is 9.59 Å². The van der Waals surface area contributed by atoms with Crippen molar-refractivity contribution < 1.29 is 14.7 Å². The number of carboxylic acid groups (broad SMARTS) is 1. The highest BCUT2D eigenvalue weighted by atomic mass is 16.4. The summed E-state index contributed by atoms with van der Waals surface area (Å²) in [7, 11) is 0. The van der Waals surface area contributed by atoms with Gasteiger partial charge in [0.15, 0.2) is 0 Å². The average molecular weight is 247 g/mol. The molecule has 1 aromatic rings. The van der Waals surface area contributed by atoms with Crippen molar-refractivity contribution in [3.63, 3.8) is 0 Å². The van der Waals surface area contributed by atoms with E-state index in [1.165, 1.54) is 18.1 Å². The summed E-state index contributed by atoms with van der Waals surface area (Å²) in [5.41, 5.74) is 2.61. The molecule has 4 heteroatoms. The Morgan fingerprint density at radius 1 is 1.44 bits per heavy atom. The third-order valence-corrected chi connectivity index (χ3v) is 3.54. The van der Waals surface area contributed by atoms with Crippen LogP contribution in [-0.2, 0) is 16.0 Å². The van der Waals surface area contributed by atoms with Crippen molar-refractivity contribution >= 4 is 11.9 Å². The van der Waals surface area contributed by atoms with Gasteiger partial charge in [0.05, 0.1) is 0 Å². The van der Waals surface area contributed by atoms with E-state index < -0.39 is 17.8 Å². The van der Waals surface area contributed by atoms with Gasteiger partial charge in [-0.15, -0.1) is 0 Å². The molecule has 0 heterocycles. The second-order valence-corrected chi connectivity index (χ2v) is 4.74. The van der Waals surface area contributed by atoms with Crippen molar-refractivity contribution in [3.8, 4) is 0 Å². The number of carboxylic acids is 1. The lowest BCUT2D eigenvalue weighted by Crippen LogP contribution is -2.35. The van der Waals surface area contributed by atoms with E-state index in [0.717, 1.165) is 12.8 Å². The molecule has 1 aliphatic rings. The zero-order chi connectivity index (χ0) is 13.1. The molecule has 2 rings (SSSR count). The Bertz CT molecular complexity index is 470. The van der Waals surface area contributed by atoms with Crippen LogP contribution in [0.15, 0.2) is 24.3 Å².